The summed E-state index contributed by atoms with van der Waals surface area (Å²) >= 11 is 0. The van der Waals surface area contributed by atoms with Crippen molar-refractivity contribution in [1.29, 1.82) is 0 Å². The number of hydrogen-bond donors (Lipinski definition) is 2. The number of carbonyl (C=O) groups is 1. The highest BCUT2D eigenvalue weighted by atomic mass is 16.5. The average molecular weight is 376 g/mol. The minimum absolute atomic E-state index is 0.0633. The molecule has 28 heavy (non-hydrogen) atoms. The second-order valence-electron chi connectivity index (χ2n) is 6.93. The first kappa shape index (κ1) is 18.5. The van der Waals surface area contributed by atoms with E-state index in [1.807, 2.05) is 66.7 Å². The highest BCUT2D eigenvalue weighted by Gasteiger charge is 2.23. The number of benzene rings is 2. The van der Waals surface area contributed by atoms with Crippen molar-refractivity contribution in [3.8, 4) is 11.3 Å². The Morgan fingerprint density at radius 1 is 1.00 bits per heavy atom. The van der Waals surface area contributed by atoms with Gasteiger partial charge in [0.1, 0.15) is 17.6 Å². The van der Waals surface area contributed by atoms with Crippen LogP contribution in [0, 0.1) is 0 Å². The van der Waals surface area contributed by atoms with Crippen LogP contribution >= 0.6 is 0 Å². The van der Waals surface area contributed by atoms with Crippen LogP contribution in [0.1, 0.15) is 24.2 Å². The van der Waals surface area contributed by atoms with Crippen molar-refractivity contribution in [1.82, 2.24) is 5.32 Å². The summed E-state index contributed by atoms with van der Waals surface area (Å²) in [5, 5.41) is 6.33. The van der Waals surface area contributed by atoms with Gasteiger partial charge in [-0.05, 0) is 42.7 Å². The van der Waals surface area contributed by atoms with Crippen molar-refractivity contribution in [3.63, 3.8) is 0 Å². The Morgan fingerprint density at radius 2 is 1.89 bits per heavy atom. The molecule has 2 heterocycles. The molecule has 1 atom stereocenters. The molecule has 1 aliphatic heterocycles. The van der Waals surface area contributed by atoms with Gasteiger partial charge in [0.15, 0.2) is 0 Å². The largest absolute Gasteiger partial charge is 0.460 e. The molecule has 1 fully saturated rings. The number of amides is 1. The molecule has 3 aromatic rings. The molecule has 2 aromatic carbocycles. The van der Waals surface area contributed by atoms with Crippen LogP contribution < -0.4 is 10.6 Å². The molecule has 1 saturated heterocycles. The number of rotatable bonds is 7. The van der Waals surface area contributed by atoms with E-state index in [0.29, 0.717) is 19.7 Å². The van der Waals surface area contributed by atoms with Crippen molar-refractivity contribution in [2.45, 2.75) is 32.0 Å². The van der Waals surface area contributed by atoms with Gasteiger partial charge in [0.25, 0.3) is 5.91 Å². The Labute approximate surface area is 164 Å². The molecule has 1 aromatic heterocycles. The van der Waals surface area contributed by atoms with Gasteiger partial charge < -0.3 is 19.8 Å². The Balaban J connectivity index is 1.29. The molecular weight excluding hydrogens is 352 g/mol. The lowest BCUT2D eigenvalue weighted by Gasteiger charge is -2.11. The molecular formula is C23H24N2O3. The van der Waals surface area contributed by atoms with Crippen LogP contribution in [0.25, 0.3) is 11.3 Å². The second-order valence-corrected chi connectivity index (χ2v) is 6.93. The summed E-state index contributed by atoms with van der Waals surface area (Å²) in [6.45, 7) is 1.99. The van der Waals surface area contributed by atoms with Crippen LogP contribution in [0.5, 0.6) is 0 Å². The molecule has 0 aliphatic carbocycles. The van der Waals surface area contributed by atoms with Crippen LogP contribution in [0.2, 0.25) is 0 Å². The molecule has 1 amide bonds. The van der Waals surface area contributed by atoms with Gasteiger partial charge in [-0.15, -0.1) is 0 Å². The monoisotopic (exact) mass is 376 g/mol. The Morgan fingerprint density at radius 3 is 2.71 bits per heavy atom. The third kappa shape index (κ3) is 4.68. The number of nitrogens with one attached hydrogen (secondary N) is 2. The van der Waals surface area contributed by atoms with E-state index in [0.717, 1.165) is 41.2 Å². The molecule has 0 saturated carbocycles. The maximum atomic E-state index is 12.2. The smallest absolute Gasteiger partial charge is 0.253 e. The Kier molecular flexibility index (Phi) is 5.85. The molecule has 0 spiro atoms. The molecule has 2 N–H and O–H groups in total. The molecule has 0 bridgehead atoms. The third-order valence-corrected chi connectivity index (χ3v) is 4.76. The van der Waals surface area contributed by atoms with Crippen LogP contribution in [-0.2, 0) is 22.6 Å². The van der Waals surface area contributed by atoms with E-state index < -0.39 is 0 Å². The van der Waals surface area contributed by atoms with E-state index in [9.17, 15) is 4.79 Å². The number of furan rings is 1. The molecule has 1 aliphatic rings. The van der Waals surface area contributed by atoms with Crippen molar-refractivity contribution >= 4 is 11.6 Å². The van der Waals surface area contributed by atoms with E-state index in [1.165, 1.54) is 0 Å². The first-order valence-corrected chi connectivity index (χ1v) is 9.64. The van der Waals surface area contributed by atoms with Crippen molar-refractivity contribution in [2.24, 2.45) is 0 Å². The summed E-state index contributed by atoms with van der Waals surface area (Å²) in [6.07, 6.45) is 1.42. The fourth-order valence-corrected chi connectivity index (χ4v) is 3.33. The summed E-state index contributed by atoms with van der Waals surface area (Å²) in [5.41, 5.74) is 2.97. The van der Waals surface area contributed by atoms with Crippen LogP contribution in [-0.4, -0.2) is 18.6 Å². The molecule has 5 nitrogen and oxygen atoms in total. The predicted molar refractivity (Wildman–Crippen MR) is 109 cm³/mol. The first-order valence-electron chi connectivity index (χ1n) is 9.64. The van der Waals surface area contributed by atoms with Gasteiger partial charge >= 0.3 is 0 Å². The zero-order chi connectivity index (χ0) is 19.2. The van der Waals surface area contributed by atoms with Crippen molar-refractivity contribution < 1.29 is 13.9 Å². The third-order valence-electron chi connectivity index (χ3n) is 4.76. The minimum Gasteiger partial charge on any atom is -0.460 e. The van der Waals surface area contributed by atoms with Crippen LogP contribution in [0.4, 0.5) is 5.69 Å². The van der Waals surface area contributed by atoms with E-state index in [-0.39, 0.29) is 12.0 Å². The molecule has 0 radical (unpaired) electrons. The molecule has 1 unspecified atom stereocenters. The number of carbonyl (C=O) groups excluding carboxylic acids is 1. The Hall–Kier alpha value is -2.89. The fraction of sp³-hybridized carbons (Fsp3) is 0.261. The molecule has 144 valence electrons. The topological polar surface area (TPSA) is 63.5 Å². The fourth-order valence-electron chi connectivity index (χ4n) is 3.33. The van der Waals surface area contributed by atoms with Gasteiger partial charge in [-0.1, -0.05) is 42.5 Å². The van der Waals surface area contributed by atoms with E-state index in [4.69, 9.17) is 9.15 Å². The lowest BCUT2D eigenvalue weighted by molar-refractivity contribution is -0.124. The van der Waals surface area contributed by atoms with Crippen LogP contribution in [0.15, 0.2) is 71.1 Å². The highest BCUT2D eigenvalue weighted by Crippen LogP contribution is 2.22. The van der Waals surface area contributed by atoms with Gasteiger partial charge in [-0.25, -0.2) is 0 Å². The number of hydrogen-bond acceptors (Lipinski definition) is 4. The average Bonchev–Trinajstić information content (AvgIpc) is 3.41. The van der Waals surface area contributed by atoms with Gasteiger partial charge in [0.2, 0.25) is 0 Å². The summed E-state index contributed by atoms with van der Waals surface area (Å²) in [7, 11) is 0. The first-order chi connectivity index (χ1) is 13.8. The second kappa shape index (κ2) is 8.87. The van der Waals surface area contributed by atoms with E-state index >= 15 is 0 Å². The minimum atomic E-state index is -0.320. The quantitative estimate of drug-likeness (QED) is 0.643. The van der Waals surface area contributed by atoms with Crippen molar-refractivity contribution in [2.75, 3.05) is 11.9 Å². The maximum Gasteiger partial charge on any atom is 0.253 e. The number of anilines is 1. The lowest BCUT2D eigenvalue weighted by atomic mass is 10.2. The SMILES string of the molecule is O=C(Nc1cccc(CNCc2ccc(-c3ccccc3)o2)c1)C1CCCO1. The lowest BCUT2D eigenvalue weighted by Crippen LogP contribution is -2.26. The van der Waals surface area contributed by atoms with Crippen LogP contribution in [0.3, 0.4) is 0 Å². The highest BCUT2D eigenvalue weighted by molar-refractivity contribution is 5.94. The zero-order valence-electron chi connectivity index (χ0n) is 15.7. The molecule has 4 rings (SSSR count). The molecule has 5 heteroatoms. The van der Waals surface area contributed by atoms with Crippen molar-refractivity contribution in [3.05, 3.63) is 78.1 Å². The van der Waals surface area contributed by atoms with E-state index in [2.05, 4.69) is 10.6 Å². The van der Waals surface area contributed by atoms with Gasteiger partial charge in [0, 0.05) is 24.4 Å². The predicted octanol–water partition coefficient (Wildman–Crippen LogP) is 4.35. The normalized spacial score (nSPS) is 16.2. The summed E-state index contributed by atoms with van der Waals surface area (Å²) in [4.78, 5) is 12.2. The van der Waals surface area contributed by atoms with Gasteiger partial charge in [-0.3, -0.25) is 4.79 Å². The summed E-state index contributed by atoms with van der Waals surface area (Å²) in [6, 6.07) is 21.9. The summed E-state index contributed by atoms with van der Waals surface area (Å²) < 4.78 is 11.3. The standard InChI is InChI=1S/C23H24N2O3/c26-23(22-10-5-13-27-22)25-19-9-4-6-17(14-19)15-24-16-20-11-12-21(28-20)18-7-2-1-3-8-18/h1-4,6-9,11-12,14,22,24H,5,10,13,15-16H2,(H,25,26). The van der Waals surface area contributed by atoms with Gasteiger partial charge in [-0.2, -0.15) is 0 Å². The zero-order valence-corrected chi connectivity index (χ0v) is 15.7. The summed E-state index contributed by atoms with van der Waals surface area (Å²) in [5.74, 6) is 1.70. The Bertz CT molecular complexity index is 914. The maximum absolute atomic E-state index is 12.2. The van der Waals surface area contributed by atoms with E-state index in [1.54, 1.807) is 0 Å². The number of ether oxygens (including phenoxy) is 1. The van der Waals surface area contributed by atoms with Gasteiger partial charge in [0.05, 0.1) is 6.54 Å².